The van der Waals surface area contributed by atoms with Gasteiger partial charge in [-0.3, -0.25) is 0 Å². The van der Waals surface area contributed by atoms with Crippen LogP contribution in [0.5, 0.6) is 0 Å². The maximum Gasteiger partial charge on any atom is 0.250 e. The van der Waals surface area contributed by atoms with Crippen molar-refractivity contribution in [2.45, 2.75) is 28.3 Å². The van der Waals surface area contributed by atoms with E-state index < -0.39 is 10.0 Å². The average molecular weight is 359 g/mol. The highest BCUT2D eigenvalue weighted by Gasteiger charge is 2.25. The second-order valence-electron chi connectivity index (χ2n) is 4.19. The van der Waals surface area contributed by atoms with Crippen LogP contribution in [0.3, 0.4) is 0 Å². The van der Waals surface area contributed by atoms with Crippen LogP contribution in [0.15, 0.2) is 16.3 Å². The van der Waals surface area contributed by atoms with E-state index in [9.17, 15) is 8.42 Å². The molecule has 0 spiro atoms. The third kappa shape index (κ3) is 3.67. The molecule has 1 aromatic rings. The van der Waals surface area contributed by atoms with Crippen LogP contribution in [-0.4, -0.2) is 19.8 Å². The molecule has 96 valence electrons. The van der Waals surface area contributed by atoms with Crippen molar-refractivity contribution in [3.05, 3.63) is 16.5 Å². The van der Waals surface area contributed by atoms with Crippen molar-refractivity contribution in [3.63, 3.8) is 0 Å². The van der Waals surface area contributed by atoms with Gasteiger partial charge in [-0.25, -0.2) is 13.1 Å². The lowest BCUT2D eigenvalue weighted by molar-refractivity contribution is 0.521. The maximum atomic E-state index is 11.9. The zero-order chi connectivity index (χ0) is 12.5. The molecule has 1 aromatic heterocycles. The predicted octanol–water partition coefficient (Wildman–Crippen LogP) is 3.24. The Kier molecular flexibility index (Phi) is 4.52. The Morgan fingerprint density at radius 3 is 2.76 bits per heavy atom. The molecule has 1 heterocycles. The van der Waals surface area contributed by atoms with E-state index in [2.05, 4.69) is 20.7 Å². The Bertz CT molecular complexity index is 488. The van der Waals surface area contributed by atoms with Gasteiger partial charge in [-0.05, 0) is 37.3 Å². The van der Waals surface area contributed by atoms with E-state index in [1.165, 1.54) is 6.07 Å². The van der Waals surface area contributed by atoms with Crippen LogP contribution in [0.4, 0.5) is 0 Å². The first-order valence-corrected chi connectivity index (χ1v) is 8.96. The number of halogens is 2. The topological polar surface area (TPSA) is 46.2 Å². The summed E-state index contributed by atoms with van der Waals surface area (Å²) in [6.45, 7) is 0.514. The summed E-state index contributed by atoms with van der Waals surface area (Å²) < 4.78 is 27.3. The van der Waals surface area contributed by atoms with Crippen molar-refractivity contribution in [3.8, 4) is 0 Å². The first-order chi connectivity index (χ1) is 7.97. The zero-order valence-corrected chi connectivity index (χ0v) is 13.0. The van der Waals surface area contributed by atoms with Gasteiger partial charge < -0.3 is 0 Å². The van der Waals surface area contributed by atoms with Crippen molar-refractivity contribution in [2.24, 2.45) is 5.92 Å². The largest absolute Gasteiger partial charge is 0.250 e. The van der Waals surface area contributed by atoms with Gasteiger partial charge in [0.15, 0.2) is 0 Å². The van der Waals surface area contributed by atoms with Gasteiger partial charge in [0.2, 0.25) is 10.0 Å². The van der Waals surface area contributed by atoms with Gasteiger partial charge in [0.1, 0.15) is 4.21 Å². The van der Waals surface area contributed by atoms with E-state index in [-0.39, 0.29) is 4.21 Å². The number of nitrogens with one attached hydrogen (secondary N) is 1. The quantitative estimate of drug-likeness (QED) is 0.840. The van der Waals surface area contributed by atoms with Gasteiger partial charge >= 0.3 is 0 Å². The molecule has 2 unspecified atom stereocenters. The first-order valence-electron chi connectivity index (χ1n) is 5.36. The SMILES string of the molecule is O=S(=O)(NCC1CCC(Br)C1)c1ccc(Cl)s1. The standard InChI is InChI=1S/C10H13BrClNO2S2/c11-8-2-1-7(5-8)6-13-17(14,15)10-4-3-9(12)16-10/h3-4,7-8,13H,1-2,5-6H2. The van der Waals surface area contributed by atoms with E-state index >= 15 is 0 Å². The van der Waals surface area contributed by atoms with Crippen LogP contribution >= 0.6 is 38.9 Å². The predicted molar refractivity (Wildman–Crippen MR) is 74.6 cm³/mol. The van der Waals surface area contributed by atoms with Crippen molar-refractivity contribution >= 4 is 48.9 Å². The van der Waals surface area contributed by atoms with Crippen LogP contribution in [0.25, 0.3) is 0 Å². The summed E-state index contributed by atoms with van der Waals surface area (Å²) in [5, 5.41) is 0. The molecule has 1 aliphatic rings. The summed E-state index contributed by atoms with van der Waals surface area (Å²) in [6, 6.07) is 3.14. The van der Waals surface area contributed by atoms with E-state index in [1.54, 1.807) is 6.07 Å². The molecule has 3 nitrogen and oxygen atoms in total. The molecular formula is C10H13BrClNO2S2. The zero-order valence-electron chi connectivity index (χ0n) is 9.03. The third-order valence-electron chi connectivity index (χ3n) is 2.85. The summed E-state index contributed by atoms with van der Waals surface area (Å²) in [6.07, 6.45) is 3.23. The molecule has 17 heavy (non-hydrogen) atoms. The molecule has 2 rings (SSSR count). The fourth-order valence-corrected chi connectivity index (χ4v) is 5.38. The Balaban J connectivity index is 1.94. The summed E-state index contributed by atoms with van der Waals surface area (Å²) in [4.78, 5) is 0.535. The number of thiophene rings is 1. The van der Waals surface area contributed by atoms with Crippen molar-refractivity contribution in [1.29, 1.82) is 0 Å². The molecule has 0 aromatic carbocycles. The summed E-state index contributed by atoms with van der Waals surface area (Å²) in [5.41, 5.74) is 0. The van der Waals surface area contributed by atoms with Gasteiger partial charge in [0.25, 0.3) is 0 Å². The smallest absolute Gasteiger partial charge is 0.210 e. The number of rotatable bonds is 4. The number of hydrogen-bond donors (Lipinski definition) is 1. The Morgan fingerprint density at radius 2 is 2.24 bits per heavy atom. The average Bonchev–Trinajstić information content (AvgIpc) is 2.85. The fraction of sp³-hybridized carbons (Fsp3) is 0.600. The monoisotopic (exact) mass is 357 g/mol. The molecule has 1 fully saturated rings. The van der Waals surface area contributed by atoms with Gasteiger partial charge in [-0.1, -0.05) is 27.5 Å². The lowest BCUT2D eigenvalue weighted by Crippen LogP contribution is -2.28. The molecule has 0 radical (unpaired) electrons. The number of alkyl halides is 1. The molecular weight excluding hydrogens is 346 g/mol. The number of hydrogen-bond acceptors (Lipinski definition) is 3. The van der Waals surface area contributed by atoms with Gasteiger partial charge in [0.05, 0.1) is 4.34 Å². The Hall–Kier alpha value is 0.380. The molecule has 0 aliphatic heterocycles. The lowest BCUT2D eigenvalue weighted by atomic mass is 10.1. The van der Waals surface area contributed by atoms with Crippen LogP contribution < -0.4 is 4.72 Å². The molecule has 1 aliphatic carbocycles. The minimum Gasteiger partial charge on any atom is -0.210 e. The molecule has 1 N–H and O–H groups in total. The minimum absolute atomic E-state index is 0.288. The van der Waals surface area contributed by atoms with Crippen LogP contribution in [0.2, 0.25) is 4.34 Å². The van der Waals surface area contributed by atoms with E-state index in [4.69, 9.17) is 11.6 Å². The highest BCUT2D eigenvalue weighted by molar-refractivity contribution is 9.09. The third-order valence-corrected chi connectivity index (χ3v) is 6.83. The van der Waals surface area contributed by atoms with Crippen LogP contribution in [-0.2, 0) is 10.0 Å². The summed E-state index contributed by atoms with van der Waals surface area (Å²) in [7, 11) is -3.38. The van der Waals surface area contributed by atoms with Gasteiger partial charge in [-0.2, -0.15) is 0 Å². The molecule has 0 saturated heterocycles. The van der Waals surface area contributed by atoms with Crippen molar-refractivity contribution in [1.82, 2.24) is 4.72 Å². The Labute approximate surface area is 119 Å². The summed E-state index contributed by atoms with van der Waals surface area (Å²) >= 11 is 10.4. The highest BCUT2D eigenvalue weighted by atomic mass is 79.9. The normalized spacial score (nSPS) is 25.3. The van der Waals surface area contributed by atoms with Crippen molar-refractivity contribution in [2.75, 3.05) is 6.54 Å². The van der Waals surface area contributed by atoms with Gasteiger partial charge in [-0.15, -0.1) is 11.3 Å². The van der Waals surface area contributed by atoms with Gasteiger partial charge in [0, 0.05) is 11.4 Å². The lowest BCUT2D eigenvalue weighted by Gasteiger charge is -2.10. The number of sulfonamides is 1. The molecule has 2 atom stereocenters. The van der Waals surface area contributed by atoms with E-state index in [0.29, 0.717) is 21.6 Å². The van der Waals surface area contributed by atoms with E-state index in [1.807, 2.05) is 0 Å². The Morgan fingerprint density at radius 1 is 1.47 bits per heavy atom. The summed E-state index contributed by atoms with van der Waals surface area (Å²) in [5.74, 6) is 0.435. The molecule has 7 heteroatoms. The second-order valence-corrected chi connectivity index (χ2v) is 9.19. The molecule has 1 saturated carbocycles. The van der Waals surface area contributed by atoms with E-state index in [0.717, 1.165) is 30.6 Å². The van der Waals surface area contributed by atoms with Crippen molar-refractivity contribution < 1.29 is 8.42 Å². The molecule has 0 bridgehead atoms. The van der Waals surface area contributed by atoms with Crippen LogP contribution in [0, 0.1) is 5.92 Å². The molecule has 0 amide bonds. The van der Waals surface area contributed by atoms with Crippen LogP contribution in [0.1, 0.15) is 19.3 Å². The first kappa shape index (κ1) is 13.8. The minimum atomic E-state index is -3.38. The fourth-order valence-electron chi connectivity index (χ4n) is 1.94. The maximum absolute atomic E-state index is 11.9. The second kappa shape index (κ2) is 5.57. The highest BCUT2D eigenvalue weighted by Crippen LogP contribution is 2.31.